The quantitative estimate of drug-likeness (QED) is 0.272. The Morgan fingerprint density at radius 2 is 2.00 bits per heavy atom. The van der Waals surface area contributed by atoms with Gasteiger partial charge in [-0.2, -0.15) is 9.29 Å². The number of rotatable bonds is 6. The Kier molecular flexibility index (Phi) is 5.76. The molecule has 5 atom stereocenters. The van der Waals surface area contributed by atoms with Crippen molar-refractivity contribution in [2.75, 3.05) is 12.3 Å². The van der Waals surface area contributed by atoms with Gasteiger partial charge in [0.05, 0.1) is 6.61 Å². The fraction of sp³-hybridized carbons (Fsp3) is 0.600. The van der Waals surface area contributed by atoms with Crippen LogP contribution in [0.5, 0.6) is 0 Å². The molecule has 0 amide bonds. The molecule has 7 N–H and O–H groups in total. The van der Waals surface area contributed by atoms with E-state index in [4.69, 9.17) is 20.3 Å². The largest absolute Gasteiger partial charge is 0.481 e. The normalized spacial score (nSPS) is 31.7. The third kappa shape index (κ3) is 4.56. The van der Waals surface area contributed by atoms with Crippen LogP contribution in [0.4, 0.5) is 5.82 Å². The summed E-state index contributed by atoms with van der Waals surface area (Å²) in [6.07, 6.45) is -3.64. The predicted molar refractivity (Wildman–Crippen MR) is 82.4 cm³/mol. The van der Waals surface area contributed by atoms with Crippen LogP contribution >= 0.6 is 15.6 Å². The molecular formula is C10H17N3O11P2. The van der Waals surface area contributed by atoms with Gasteiger partial charge in [-0.3, -0.25) is 9.09 Å². The molecule has 1 fully saturated rings. The van der Waals surface area contributed by atoms with E-state index in [-0.39, 0.29) is 5.82 Å². The van der Waals surface area contributed by atoms with Crippen molar-refractivity contribution in [1.82, 2.24) is 9.55 Å². The van der Waals surface area contributed by atoms with Gasteiger partial charge in [0.2, 0.25) is 0 Å². The Hall–Kier alpha value is -1.18. The number of aliphatic hydroxyl groups excluding tert-OH is 2. The number of aromatic nitrogens is 2. The average molecular weight is 417 g/mol. The molecule has 0 bridgehead atoms. The van der Waals surface area contributed by atoms with E-state index in [0.29, 0.717) is 0 Å². The third-order valence-electron chi connectivity index (χ3n) is 3.56. The first-order valence-corrected chi connectivity index (χ1v) is 9.91. The van der Waals surface area contributed by atoms with Gasteiger partial charge in [0.1, 0.15) is 24.1 Å². The van der Waals surface area contributed by atoms with Gasteiger partial charge in [0.25, 0.3) is 0 Å². The smallest absolute Gasteiger partial charge is 0.387 e. The fourth-order valence-corrected chi connectivity index (χ4v) is 3.98. The number of hydrogen-bond donors (Lipinski definition) is 6. The zero-order chi connectivity index (χ0) is 19.9. The summed E-state index contributed by atoms with van der Waals surface area (Å²) in [7, 11) is -10.5. The van der Waals surface area contributed by atoms with Crippen molar-refractivity contribution >= 4 is 21.5 Å². The Bertz CT molecular complexity index is 825. The lowest BCUT2D eigenvalue weighted by Crippen LogP contribution is -2.48. The van der Waals surface area contributed by atoms with E-state index in [9.17, 15) is 29.0 Å². The minimum absolute atomic E-state index is 0.0847. The summed E-state index contributed by atoms with van der Waals surface area (Å²) in [6.45, 7) is 0.351. The summed E-state index contributed by atoms with van der Waals surface area (Å²) in [4.78, 5) is 41.7. The first kappa shape index (κ1) is 21.1. The molecule has 1 aromatic rings. The SMILES string of the molecule is C[C@@]1(n2ccc(N)nc2=O)O[C@H](COP(=O)(O)OP(=O)(O)O)[C@@H](O)[C@H]1O. The molecule has 14 nitrogen and oxygen atoms in total. The van der Waals surface area contributed by atoms with Crippen LogP contribution in [0.2, 0.25) is 0 Å². The third-order valence-corrected chi connectivity index (χ3v) is 5.71. The van der Waals surface area contributed by atoms with Gasteiger partial charge in [0.15, 0.2) is 5.72 Å². The molecule has 0 radical (unpaired) electrons. The van der Waals surface area contributed by atoms with E-state index < -0.39 is 52.0 Å². The summed E-state index contributed by atoms with van der Waals surface area (Å²) in [5, 5.41) is 20.3. The molecule has 2 rings (SSSR count). The van der Waals surface area contributed by atoms with E-state index >= 15 is 0 Å². The summed E-state index contributed by atoms with van der Waals surface area (Å²) in [5.74, 6) is -0.0847. The van der Waals surface area contributed by atoms with Crippen molar-refractivity contribution < 1.29 is 47.6 Å². The molecular weight excluding hydrogens is 400 g/mol. The minimum atomic E-state index is -5.32. The van der Waals surface area contributed by atoms with E-state index in [1.165, 1.54) is 13.0 Å². The highest BCUT2D eigenvalue weighted by Gasteiger charge is 2.53. The van der Waals surface area contributed by atoms with Gasteiger partial charge in [-0.1, -0.05) is 0 Å². The Balaban J connectivity index is 2.18. The number of nitrogens with zero attached hydrogens (tertiary/aromatic N) is 2. The monoisotopic (exact) mass is 417 g/mol. The van der Waals surface area contributed by atoms with Gasteiger partial charge in [-0.05, 0) is 13.0 Å². The highest BCUT2D eigenvalue weighted by atomic mass is 31.3. The van der Waals surface area contributed by atoms with Crippen molar-refractivity contribution in [3.63, 3.8) is 0 Å². The van der Waals surface area contributed by atoms with Crippen LogP contribution in [0, 0.1) is 0 Å². The molecule has 0 saturated carbocycles. The number of ether oxygens (including phenoxy) is 1. The molecule has 148 valence electrons. The van der Waals surface area contributed by atoms with Gasteiger partial charge in [-0.25, -0.2) is 13.9 Å². The zero-order valence-electron chi connectivity index (χ0n) is 13.1. The van der Waals surface area contributed by atoms with Crippen LogP contribution in [0.3, 0.4) is 0 Å². The molecule has 16 heteroatoms. The summed E-state index contributed by atoms with van der Waals surface area (Å²) in [6, 6.07) is 1.24. The maximum absolute atomic E-state index is 11.9. The minimum Gasteiger partial charge on any atom is -0.387 e. The summed E-state index contributed by atoms with van der Waals surface area (Å²) < 4.78 is 36.2. The van der Waals surface area contributed by atoms with Crippen LogP contribution in [0.15, 0.2) is 17.1 Å². The van der Waals surface area contributed by atoms with Crippen LogP contribution in [0.25, 0.3) is 0 Å². The molecule has 1 unspecified atom stereocenters. The van der Waals surface area contributed by atoms with E-state index in [1.54, 1.807) is 0 Å². The van der Waals surface area contributed by atoms with Gasteiger partial charge >= 0.3 is 21.3 Å². The van der Waals surface area contributed by atoms with Crippen molar-refractivity contribution in [3.8, 4) is 0 Å². The number of phosphoric acid groups is 2. The van der Waals surface area contributed by atoms with Crippen molar-refractivity contribution in [2.45, 2.75) is 31.0 Å². The zero-order valence-corrected chi connectivity index (χ0v) is 14.9. The average Bonchev–Trinajstić information content (AvgIpc) is 2.68. The summed E-state index contributed by atoms with van der Waals surface area (Å²) in [5.41, 5.74) is 2.66. The van der Waals surface area contributed by atoms with Gasteiger partial charge in [-0.15, -0.1) is 0 Å². The van der Waals surface area contributed by atoms with Crippen molar-refractivity contribution in [3.05, 3.63) is 22.7 Å². The Labute approximate surface area is 145 Å². The molecule has 1 aliphatic heterocycles. The number of hydrogen-bond acceptors (Lipinski definition) is 10. The molecule has 1 saturated heterocycles. The van der Waals surface area contributed by atoms with Crippen molar-refractivity contribution in [2.24, 2.45) is 0 Å². The van der Waals surface area contributed by atoms with Crippen LogP contribution in [-0.2, 0) is 28.4 Å². The van der Waals surface area contributed by atoms with Gasteiger partial charge < -0.3 is 35.4 Å². The first-order chi connectivity index (χ1) is 11.8. The molecule has 0 spiro atoms. The highest BCUT2D eigenvalue weighted by molar-refractivity contribution is 7.60. The molecule has 1 aliphatic rings. The standard InChI is InChI=1S/C10H17N3O11P2/c1-10(13-3-2-6(11)12-9(13)16)8(15)7(14)5(23-10)4-22-26(20,21)24-25(17,18)19/h2-3,5,7-8,14-15H,4H2,1H3,(H,20,21)(H2,11,12,16)(H2,17,18,19)/t5-,7-,8-,10-/m1/s1. The molecule has 1 aromatic heterocycles. The van der Waals surface area contributed by atoms with Crippen molar-refractivity contribution in [1.29, 1.82) is 0 Å². The molecule has 2 heterocycles. The lowest BCUT2D eigenvalue weighted by molar-refractivity contribution is -0.136. The van der Waals surface area contributed by atoms with Crippen LogP contribution in [-0.4, -0.2) is 59.4 Å². The Morgan fingerprint density at radius 3 is 2.54 bits per heavy atom. The second kappa shape index (κ2) is 7.09. The lowest BCUT2D eigenvalue weighted by Gasteiger charge is -2.29. The number of anilines is 1. The highest BCUT2D eigenvalue weighted by Crippen LogP contribution is 2.57. The van der Waals surface area contributed by atoms with Gasteiger partial charge in [0, 0.05) is 6.20 Å². The Morgan fingerprint density at radius 1 is 1.38 bits per heavy atom. The maximum Gasteiger partial charge on any atom is 0.481 e. The van der Waals surface area contributed by atoms with E-state index in [0.717, 1.165) is 10.8 Å². The second-order valence-electron chi connectivity index (χ2n) is 5.49. The number of nitrogens with two attached hydrogens (primary N) is 1. The van der Waals surface area contributed by atoms with E-state index in [2.05, 4.69) is 13.8 Å². The fourth-order valence-electron chi connectivity index (χ4n) is 2.38. The number of nitrogen functional groups attached to an aromatic ring is 1. The number of aliphatic hydroxyl groups is 2. The van der Waals surface area contributed by atoms with Crippen LogP contribution < -0.4 is 11.4 Å². The summed E-state index contributed by atoms with van der Waals surface area (Å²) >= 11 is 0. The molecule has 26 heavy (non-hydrogen) atoms. The lowest BCUT2D eigenvalue weighted by atomic mass is 10.0. The van der Waals surface area contributed by atoms with Crippen LogP contribution in [0.1, 0.15) is 6.92 Å². The van der Waals surface area contributed by atoms with E-state index in [1.807, 2.05) is 0 Å². The topological polar surface area (TPSA) is 224 Å². The second-order valence-corrected chi connectivity index (χ2v) is 8.32. The first-order valence-electron chi connectivity index (χ1n) is 6.89. The molecule has 0 aromatic carbocycles. The number of phosphoric ester groups is 1. The molecule has 0 aliphatic carbocycles. The predicted octanol–water partition coefficient (Wildman–Crippen LogP) is -2.15. The maximum atomic E-state index is 11.9.